The lowest BCUT2D eigenvalue weighted by Crippen LogP contribution is -2.48. The van der Waals surface area contributed by atoms with Gasteiger partial charge in [0.05, 0.1) is 24.6 Å². The summed E-state index contributed by atoms with van der Waals surface area (Å²) in [6.45, 7) is 0.629. The second-order valence-electron chi connectivity index (χ2n) is 11.3. The molecule has 1 saturated carbocycles. The number of fused-ring (bicyclic) bond motifs is 1. The van der Waals surface area contributed by atoms with Crippen molar-refractivity contribution in [1.29, 1.82) is 0 Å². The molecule has 1 aliphatic heterocycles. The van der Waals surface area contributed by atoms with E-state index in [-0.39, 0.29) is 30.2 Å². The van der Waals surface area contributed by atoms with Gasteiger partial charge in [-0.1, -0.05) is 42.5 Å². The van der Waals surface area contributed by atoms with Crippen LogP contribution < -0.4 is 16.4 Å². The van der Waals surface area contributed by atoms with Crippen LogP contribution in [-0.4, -0.2) is 57.2 Å². The molecule has 2 aromatic carbocycles. The Kier molecular flexibility index (Phi) is 8.52. The van der Waals surface area contributed by atoms with E-state index in [4.69, 9.17) is 20.3 Å². The monoisotopic (exact) mass is 584 g/mol. The first-order chi connectivity index (χ1) is 20.9. The van der Waals surface area contributed by atoms with Crippen LogP contribution in [0.2, 0.25) is 0 Å². The standard InChI is InChI=1S/C32H36N6O5/c33-29-28-26(21-7-11-23(12-8-21)36-27(39)15-6-20-4-2-1-3-5-20)16-38(30(28)35-19-34-29)25-13-9-22(10-14-25)31-42-17-24(18-43-31)37-32(40)41/h1-5,7-8,11-12,16,19,22,24-25,31,37H,6,9-10,13-15,17-18H2,(H,36,39)(H,40,41)(H2,33,34,35). The van der Waals surface area contributed by atoms with E-state index >= 15 is 0 Å². The number of aromatic nitrogens is 3. The van der Waals surface area contributed by atoms with Crippen LogP contribution in [0.1, 0.15) is 43.7 Å². The van der Waals surface area contributed by atoms with Crippen molar-refractivity contribution >= 4 is 34.5 Å². The van der Waals surface area contributed by atoms with E-state index in [1.54, 1.807) is 0 Å². The van der Waals surface area contributed by atoms with Crippen molar-refractivity contribution in [2.45, 2.75) is 56.9 Å². The fourth-order valence-electron chi connectivity index (χ4n) is 6.17. The minimum Gasteiger partial charge on any atom is -0.465 e. The Hall–Kier alpha value is -4.48. The number of nitrogens with zero attached hydrogens (tertiary/aromatic N) is 3. The van der Waals surface area contributed by atoms with E-state index in [1.807, 2.05) is 54.6 Å². The molecule has 0 radical (unpaired) electrons. The molecule has 5 N–H and O–H groups in total. The average Bonchev–Trinajstić information content (AvgIpc) is 3.42. The highest BCUT2D eigenvalue weighted by atomic mass is 16.7. The number of hydrogen-bond acceptors (Lipinski definition) is 7. The minimum absolute atomic E-state index is 0.0257. The normalized spacial score (nSPS) is 22.2. The summed E-state index contributed by atoms with van der Waals surface area (Å²) in [6, 6.07) is 17.7. The molecule has 2 amide bonds. The van der Waals surface area contributed by atoms with Gasteiger partial charge in [0.2, 0.25) is 5.91 Å². The number of rotatable bonds is 8. The zero-order chi connectivity index (χ0) is 29.8. The van der Waals surface area contributed by atoms with Crippen molar-refractivity contribution in [2.75, 3.05) is 24.3 Å². The maximum atomic E-state index is 12.5. The van der Waals surface area contributed by atoms with Crippen LogP contribution in [0.3, 0.4) is 0 Å². The predicted octanol–water partition coefficient (Wildman–Crippen LogP) is 4.99. The van der Waals surface area contributed by atoms with Crippen LogP contribution in [0.25, 0.3) is 22.2 Å². The van der Waals surface area contributed by atoms with Crippen LogP contribution in [0, 0.1) is 5.92 Å². The van der Waals surface area contributed by atoms with E-state index in [0.717, 1.165) is 59.1 Å². The number of hydrogen-bond donors (Lipinski definition) is 4. The summed E-state index contributed by atoms with van der Waals surface area (Å²) < 4.78 is 14.0. The topological polar surface area (TPSA) is 154 Å². The molecule has 1 aliphatic carbocycles. The largest absolute Gasteiger partial charge is 0.465 e. The van der Waals surface area contributed by atoms with Crippen LogP contribution >= 0.6 is 0 Å². The second kappa shape index (κ2) is 12.8. The molecule has 224 valence electrons. The van der Waals surface area contributed by atoms with Crippen molar-refractivity contribution in [3.8, 4) is 11.1 Å². The number of benzene rings is 2. The molecule has 0 unspecified atom stereocenters. The Labute approximate surface area is 249 Å². The van der Waals surface area contributed by atoms with Crippen LogP contribution in [0.15, 0.2) is 67.1 Å². The SMILES string of the molecule is Nc1ncnc2c1c(-c1ccc(NC(=O)CCc3ccccc3)cc1)cn2C1CCC(C2OCC(NC(=O)O)CO2)CC1. The molecule has 11 nitrogen and oxygen atoms in total. The number of nitrogens with two attached hydrogens (primary N) is 1. The van der Waals surface area contributed by atoms with Gasteiger partial charge in [0.1, 0.15) is 17.8 Å². The maximum absolute atomic E-state index is 12.5. The van der Waals surface area contributed by atoms with Gasteiger partial charge < -0.3 is 35.5 Å². The van der Waals surface area contributed by atoms with Gasteiger partial charge in [0.25, 0.3) is 0 Å². The third-order valence-electron chi connectivity index (χ3n) is 8.37. The molecule has 6 rings (SSSR count). The average molecular weight is 585 g/mol. The molecule has 2 fully saturated rings. The number of ether oxygens (including phenoxy) is 2. The smallest absolute Gasteiger partial charge is 0.405 e. The maximum Gasteiger partial charge on any atom is 0.405 e. The first kappa shape index (κ1) is 28.6. The molecular formula is C32H36N6O5. The molecule has 2 aliphatic rings. The van der Waals surface area contributed by atoms with E-state index in [2.05, 4.69) is 31.4 Å². The van der Waals surface area contributed by atoms with Crippen molar-refractivity contribution in [2.24, 2.45) is 5.92 Å². The van der Waals surface area contributed by atoms with Gasteiger partial charge in [-0.3, -0.25) is 4.79 Å². The van der Waals surface area contributed by atoms with E-state index in [0.29, 0.717) is 31.9 Å². The zero-order valence-electron chi connectivity index (χ0n) is 23.8. The Morgan fingerprint density at radius 2 is 1.70 bits per heavy atom. The van der Waals surface area contributed by atoms with Crippen molar-refractivity contribution < 1.29 is 24.2 Å². The number of anilines is 2. The zero-order valence-corrected chi connectivity index (χ0v) is 23.8. The summed E-state index contributed by atoms with van der Waals surface area (Å²) in [7, 11) is 0. The van der Waals surface area contributed by atoms with Crippen LogP contribution in [-0.2, 0) is 20.7 Å². The summed E-state index contributed by atoms with van der Waals surface area (Å²) in [5.74, 6) is 0.653. The molecule has 3 heterocycles. The summed E-state index contributed by atoms with van der Waals surface area (Å²) in [5.41, 5.74) is 11.0. The number of aryl methyl sites for hydroxylation is 1. The van der Waals surface area contributed by atoms with Gasteiger partial charge in [0, 0.05) is 35.8 Å². The predicted molar refractivity (Wildman–Crippen MR) is 162 cm³/mol. The fourth-order valence-corrected chi connectivity index (χ4v) is 6.17. The number of nitrogen functional groups attached to an aromatic ring is 1. The van der Waals surface area contributed by atoms with Crippen molar-refractivity contribution in [1.82, 2.24) is 19.9 Å². The number of nitrogens with one attached hydrogen (secondary N) is 2. The first-order valence-electron chi connectivity index (χ1n) is 14.7. The number of amides is 2. The molecular weight excluding hydrogens is 548 g/mol. The van der Waals surface area contributed by atoms with Gasteiger partial charge in [0.15, 0.2) is 6.29 Å². The summed E-state index contributed by atoms with van der Waals surface area (Å²) in [5, 5.41) is 15.2. The molecule has 1 saturated heterocycles. The second-order valence-corrected chi connectivity index (χ2v) is 11.3. The first-order valence-corrected chi connectivity index (χ1v) is 14.7. The summed E-state index contributed by atoms with van der Waals surface area (Å²) >= 11 is 0. The molecule has 0 spiro atoms. The van der Waals surface area contributed by atoms with Crippen LogP contribution in [0.4, 0.5) is 16.3 Å². The summed E-state index contributed by atoms with van der Waals surface area (Å²) in [6.07, 6.45) is 7.01. The van der Waals surface area contributed by atoms with E-state index in [9.17, 15) is 9.59 Å². The van der Waals surface area contributed by atoms with E-state index in [1.165, 1.54) is 6.33 Å². The third-order valence-corrected chi connectivity index (χ3v) is 8.37. The molecule has 0 bridgehead atoms. The van der Waals surface area contributed by atoms with Crippen molar-refractivity contribution in [3.05, 3.63) is 72.7 Å². The molecule has 4 aromatic rings. The van der Waals surface area contributed by atoms with E-state index < -0.39 is 6.09 Å². The van der Waals surface area contributed by atoms with Crippen LogP contribution in [0.5, 0.6) is 0 Å². The minimum atomic E-state index is -1.07. The molecule has 11 heteroatoms. The number of carbonyl (C=O) groups excluding carboxylic acids is 1. The Morgan fingerprint density at radius 3 is 2.40 bits per heavy atom. The molecule has 2 aromatic heterocycles. The van der Waals surface area contributed by atoms with Gasteiger partial charge in [-0.2, -0.15) is 0 Å². The lowest BCUT2D eigenvalue weighted by molar-refractivity contribution is -0.218. The number of carboxylic acid groups (broad SMARTS) is 1. The van der Waals surface area contributed by atoms with Gasteiger partial charge in [-0.15, -0.1) is 0 Å². The fraction of sp³-hybridized carbons (Fsp3) is 0.375. The quantitative estimate of drug-likeness (QED) is 0.226. The molecule has 0 atom stereocenters. The molecule has 43 heavy (non-hydrogen) atoms. The highest BCUT2D eigenvalue weighted by molar-refractivity contribution is 6.01. The summed E-state index contributed by atoms with van der Waals surface area (Å²) in [4.78, 5) is 32.3. The van der Waals surface area contributed by atoms with Crippen molar-refractivity contribution in [3.63, 3.8) is 0 Å². The Morgan fingerprint density at radius 1 is 0.977 bits per heavy atom. The highest BCUT2D eigenvalue weighted by Gasteiger charge is 2.34. The lowest BCUT2D eigenvalue weighted by Gasteiger charge is -2.37. The van der Waals surface area contributed by atoms with Gasteiger partial charge in [-0.05, 0) is 55.4 Å². The Bertz CT molecular complexity index is 1560. The third kappa shape index (κ3) is 6.63. The van der Waals surface area contributed by atoms with Gasteiger partial charge >= 0.3 is 6.09 Å². The Balaban J connectivity index is 1.12. The van der Waals surface area contributed by atoms with Gasteiger partial charge in [-0.25, -0.2) is 14.8 Å². The lowest BCUT2D eigenvalue weighted by atomic mass is 9.85. The number of carbonyl (C=O) groups is 2. The highest BCUT2D eigenvalue weighted by Crippen LogP contribution is 2.41.